The first-order chi connectivity index (χ1) is 24.2. The average molecular weight is 625 g/mol. The highest BCUT2D eigenvalue weighted by atomic mass is 15.1. The van der Waals surface area contributed by atoms with Gasteiger partial charge in [-0.2, -0.15) is 0 Å². The molecule has 0 saturated carbocycles. The molecule has 2 heteroatoms. The molecule has 1 unspecified atom stereocenters. The molecule has 0 N–H and O–H groups in total. The lowest BCUT2D eigenvalue weighted by Gasteiger charge is -2.33. The summed E-state index contributed by atoms with van der Waals surface area (Å²) in [5.74, 6) is 0.940. The predicted molar refractivity (Wildman–Crippen MR) is 206 cm³/mol. The molecule has 10 aromatic rings. The Bertz CT molecular complexity index is 2810. The standard InChI is InChI=1S/C47H32N2/c1-47(34-16-4-2-5-17-34,35-27-25-32(26-28-35)46-48-42-23-8-9-24-43(42)49(46)37-18-6-3-7-19-37)36-29-33-15-12-21-39-38-20-10-13-31-14-11-22-40(44(31)38)41(30-36)45(33)39/h2-30H,1H3. The summed E-state index contributed by atoms with van der Waals surface area (Å²) in [6.45, 7) is 2.38. The Labute approximate surface area is 284 Å². The van der Waals surface area contributed by atoms with Gasteiger partial charge >= 0.3 is 0 Å². The van der Waals surface area contributed by atoms with Gasteiger partial charge in [0, 0.05) is 16.7 Å². The van der Waals surface area contributed by atoms with Crippen molar-refractivity contribution in [1.82, 2.24) is 9.55 Å². The lowest BCUT2D eigenvalue weighted by atomic mass is 9.70. The monoisotopic (exact) mass is 624 g/mol. The molecule has 0 fully saturated rings. The van der Waals surface area contributed by atoms with Crippen LogP contribution < -0.4 is 0 Å². The third-order valence-corrected chi connectivity index (χ3v) is 10.7. The summed E-state index contributed by atoms with van der Waals surface area (Å²) < 4.78 is 2.27. The molecule has 10 rings (SSSR count). The molecule has 1 aromatic heterocycles. The minimum absolute atomic E-state index is 0.412. The lowest BCUT2D eigenvalue weighted by molar-refractivity contribution is 0.694. The predicted octanol–water partition coefficient (Wildman–Crippen LogP) is 12.1. The maximum atomic E-state index is 5.14. The van der Waals surface area contributed by atoms with E-state index in [2.05, 4.69) is 187 Å². The molecule has 9 aromatic carbocycles. The fourth-order valence-corrected chi connectivity index (χ4v) is 8.23. The fourth-order valence-electron chi connectivity index (χ4n) is 8.23. The van der Waals surface area contributed by atoms with Gasteiger partial charge in [-0.3, -0.25) is 4.57 Å². The zero-order valence-corrected chi connectivity index (χ0v) is 27.1. The lowest BCUT2D eigenvalue weighted by Crippen LogP contribution is -2.25. The summed E-state index contributed by atoms with van der Waals surface area (Å²) in [7, 11) is 0. The normalized spacial score (nSPS) is 13.2. The number of rotatable bonds is 5. The number of hydrogen-bond acceptors (Lipinski definition) is 1. The SMILES string of the molecule is CC(c1ccccc1)(c1ccc(-c2nc3ccccc3n2-c2ccccc2)cc1)c1cc2cccc3c4cccc5cccc(c(c1)c23)c54. The van der Waals surface area contributed by atoms with Gasteiger partial charge in [0.15, 0.2) is 0 Å². The van der Waals surface area contributed by atoms with Crippen LogP contribution in [0.15, 0.2) is 176 Å². The van der Waals surface area contributed by atoms with Crippen LogP contribution in [0.2, 0.25) is 0 Å². The van der Waals surface area contributed by atoms with Crippen molar-refractivity contribution in [2.24, 2.45) is 0 Å². The van der Waals surface area contributed by atoms with E-state index in [1.807, 2.05) is 0 Å². The van der Waals surface area contributed by atoms with Crippen molar-refractivity contribution in [3.05, 3.63) is 193 Å². The van der Waals surface area contributed by atoms with Crippen LogP contribution in [0, 0.1) is 0 Å². The minimum Gasteiger partial charge on any atom is -0.292 e. The number of imidazole rings is 1. The molecule has 2 nitrogen and oxygen atoms in total. The number of aromatic nitrogens is 2. The molecule has 0 aliphatic rings. The molecule has 1 atom stereocenters. The number of benzene rings is 9. The summed E-state index contributed by atoms with van der Waals surface area (Å²) >= 11 is 0. The van der Waals surface area contributed by atoms with Gasteiger partial charge in [-0.15, -0.1) is 0 Å². The summed E-state index contributed by atoms with van der Waals surface area (Å²) in [5.41, 5.74) is 7.64. The summed E-state index contributed by atoms with van der Waals surface area (Å²) in [5, 5.41) is 10.5. The van der Waals surface area contributed by atoms with Gasteiger partial charge in [-0.1, -0.05) is 140 Å². The maximum absolute atomic E-state index is 5.14. The van der Waals surface area contributed by atoms with Crippen molar-refractivity contribution >= 4 is 54.1 Å². The zero-order valence-electron chi connectivity index (χ0n) is 27.1. The van der Waals surface area contributed by atoms with E-state index >= 15 is 0 Å². The van der Waals surface area contributed by atoms with Crippen LogP contribution >= 0.6 is 0 Å². The quantitative estimate of drug-likeness (QED) is 0.106. The van der Waals surface area contributed by atoms with Gasteiger partial charge in [0.25, 0.3) is 0 Å². The molecular formula is C47H32N2. The largest absolute Gasteiger partial charge is 0.292 e. The second-order valence-electron chi connectivity index (χ2n) is 13.3. The molecule has 0 aliphatic carbocycles. The molecule has 49 heavy (non-hydrogen) atoms. The third kappa shape index (κ3) is 4.11. The number of nitrogens with zero attached hydrogens (tertiary/aromatic N) is 2. The van der Waals surface area contributed by atoms with E-state index in [-0.39, 0.29) is 0 Å². The van der Waals surface area contributed by atoms with Crippen LogP contribution in [0.1, 0.15) is 23.6 Å². The van der Waals surface area contributed by atoms with E-state index in [0.29, 0.717) is 0 Å². The van der Waals surface area contributed by atoms with Crippen molar-refractivity contribution in [2.75, 3.05) is 0 Å². The van der Waals surface area contributed by atoms with E-state index in [1.165, 1.54) is 59.8 Å². The number of hydrogen-bond donors (Lipinski definition) is 0. The van der Waals surface area contributed by atoms with Gasteiger partial charge in [0.2, 0.25) is 0 Å². The second-order valence-corrected chi connectivity index (χ2v) is 13.3. The molecule has 0 aliphatic heterocycles. The number of para-hydroxylation sites is 3. The van der Waals surface area contributed by atoms with E-state index in [9.17, 15) is 0 Å². The Balaban J connectivity index is 1.20. The van der Waals surface area contributed by atoms with E-state index in [4.69, 9.17) is 4.98 Å². The summed E-state index contributed by atoms with van der Waals surface area (Å²) in [4.78, 5) is 5.14. The highest BCUT2D eigenvalue weighted by molar-refractivity contribution is 6.33. The van der Waals surface area contributed by atoms with E-state index in [1.54, 1.807) is 0 Å². The molecular weight excluding hydrogens is 593 g/mol. The van der Waals surface area contributed by atoms with Crippen LogP contribution in [0.25, 0.3) is 71.2 Å². The maximum Gasteiger partial charge on any atom is 0.145 e. The molecule has 0 amide bonds. The molecule has 230 valence electrons. The highest BCUT2D eigenvalue weighted by Crippen LogP contribution is 2.46. The Morgan fingerprint density at radius 1 is 0.449 bits per heavy atom. The van der Waals surface area contributed by atoms with Crippen molar-refractivity contribution in [3.8, 4) is 17.1 Å². The van der Waals surface area contributed by atoms with Crippen LogP contribution in [-0.2, 0) is 5.41 Å². The molecule has 0 radical (unpaired) electrons. The minimum atomic E-state index is -0.412. The van der Waals surface area contributed by atoms with Crippen LogP contribution in [0.3, 0.4) is 0 Å². The van der Waals surface area contributed by atoms with Gasteiger partial charge in [-0.05, 0) is 103 Å². The van der Waals surface area contributed by atoms with Crippen LogP contribution in [-0.4, -0.2) is 9.55 Å². The van der Waals surface area contributed by atoms with Crippen molar-refractivity contribution in [3.63, 3.8) is 0 Å². The topological polar surface area (TPSA) is 17.8 Å². The van der Waals surface area contributed by atoms with Crippen molar-refractivity contribution in [1.29, 1.82) is 0 Å². The molecule has 0 saturated heterocycles. The number of fused-ring (bicyclic) bond motifs is 3. The van der Waals surface area contributed by atoms with Gasteiger partial charge in [-0.25, -0.2) is 4.98 Å². The Kier molecular flexibility index (Phi) is 6.04. The van der Waals surface area contributed by atoms with Crippen molar-refractivity contribution < 1.29 is 0 Å². The first-order valence-electron chi connectivity index (χ1n) is 17.0. The molecule has 0 spiro atoms. The first kappa shape index (κ1) is 27.8. The second kappa shape index (κ2) is 10.6. The smallest absolute Gasteiger partial charge is 0.145 e. The van der Waals surface area contributed by atoms with Crippen molar-refractivity contribution in [2.45, 2.75) is 12.3 Å². The average Bonchev–Trinajstić information content (AvgIpc) is 3.57. The Morgan fingerprint density at radius 2 is 1.02 bits per heavy atom. The van der Waals surface area contributed by atoms with Crippen LogP contribution in [0.5, 0.6) is 0 Å². The molecule has 1 heterocycles. The van der Waals surface area contributed by atoms with Gasteiger partial charge < -0.3 is 0 Å². The van der Waals surface area contributed by atoms with Crippen LogP contribution in [0.4, 0.5) is 0 Å². The van der Waals surface area contributed by atoms with E-state index < -0.39 is 5.41 Å². The van der Waals surface area contributed by atoms with E-state index in [0.717, 1.165) is 28.1 Å². The fraction of sp³-hybridized carbons (Fsp3) is 0.0426. The Hall–Kier alpha value is -6.25. The van der Waals surface area contributed by atoms with Gasteiger partial charge in [0.05, 0.1) is 11.0 Å². The highest BCUT2D eigenvalue weighted by Gasteiger charge is 2.32. The first-order valence-corrected chi connectivity index (χ1v) is 17.0. The summed E-state index contributed by atoms with van der Waals surface area (Å²) in [6.07, 6.45) is 0. The molecule has 0 bridgehead atoms. The van der Waals surface area contributed by atoms with Gasteiger partial charge in [0.1, 0.15) is 5.82 Å². The Morgan fingerprint density at radius 3 is 1.73 bits per heavy atom. The summed E-state index contributed by atoms with van der Waals surface area (Å²) in [6, 6.07) is 64.1. The third-order valence-electron chi connectivity index (χ3n) is 10.7. The zero-order chi connectivity index (χ0) is 32.5.